The third-order valence-electron chi connectivity index (χ3n) is 5.02. The Balaban J connectivity index is 1.36. The van der Waals surface area contributed by atoms with Crippen LogP contribution in [0.5, 0.6) is 11.5 Å². The summed E-state index contributed by atoms with van der Waals surface area (Å²) in [6.45, 7) is 0. The minimum atomic E-state index is -0.359. The molecule has 0 radical (unpaired) electrons. The molecule has 0 aliphatic rings. The molecule has 184 valence electrons. The van der Waals surface area contributed by atoms with Gasteiger partial charge in [0.1, 0.15) is 17.1 Å². The molecule has 0 aliphatic carbocycles. The minimum Gasteiger partial charge on any atom is -0.496 e. The monoisotopic (exact) mass is 539 g/mol. The molecule has 0 unspecified atom stereocenters. The summed E-state index contributed by atoms with van der Waals surface area (Å²) >= 11 is 8.92. The molecule has 2 amide bonds. The van der Waals surface area contributed by atoms with Crippen LogP contribution in [0.25, 0.3) is 11.3 Å². The molecule has 0 saturated carbocycles. The van der Waals surface area contributed by atoms with Crippen molar-refractivity contribution in [2.75, 3.05) is 30.6 Å². The molecule has 0 spiro atoms. The molecule has 0 bridgehead atoms. The molecule has 1 heterocycles. The van der Waals surface area contributed by atoms with E-state index in [4.69, 9.17) is 21.1 Å². The zero-order valence-electron chi connectivity index (χ0n) is 19.4. The minimum absolute atomic E-state index is 0.179. The Labute approximate surface area is 221 Å². The van der Waals surface area contributed by atoms with Crippen LogP contribution in [0.2, 0.25) is 5.02 Å². The van der Waals surface area contributed by atoms with Gasteiger partial charge in [-0.2, -0.15) is 0 Å². The molecule has 7 nitrogen and oxygen atoms in total. The van der Waals surface area contributed by atoms with E-state index in [9.17, 15) is 9.59 Å². The first kappa shape index (κ1) is 25.6. The van der Waals surface area contributed by atoms with Gasteiger partial charge in [0.2, 0.25) is 5.91 Å². The number of nitrogens with one attached hydrogen (secondary N) is 2. The average molecular weight is 540 g/mol. The molecular formula is C26H22ClN3O4S2. The summed E-state index contributed by atoms with van der Waals surface area (Å²) in [6, 6.07) is 19.8. The number of nitrogens with zero attached hydrogens (tertiary/aromatic N) is 1. The Morgan fingerprint density at radius 3 is 2.42 bits per heavy atom. The Bertz CT molecular complexity index is 1370. The van der Waals surface area contributed by atoms with Gasteiger partial charge in [0.25, 0.3) is 5.91 Å². The number of carbonyl (C=O) groups is 2. The summed E-state index contributed by atoms with van der Waals surface area (Å²) in [4.78, 5) is 30.7. The number of aromatic nitrogens is 1. The molecule has 0 aliphatic heterocycles. The number of benzene rings is 3. The Morgan fingerprint density at radius 2 is 1.69 bits per heavy atom. The number of carbonyl (C=O) groups excluding carboxylic acids is 2. The number of ether oxygens (including phenoxy) is 2. The van der Waals surface area contributed by atoms with E-state index in [1.54, 1.807) is 36.4 Å². The first-order valence-corrected chi connectivity index (χ1v) is 13.0. The molecule has 4 rings (SSSR count). The van der Waals surface area contributed by atoms with E-state index in [0.717, 1.165) is 10.5 Å². The third kappa shape index (κ3) is 6.17. The third-order valence-corrected chi connectivity index (χ3v) is 7.10. The highest BCUT2D eigenvalue weighted by atomic mass is 35.5. The highest BCUT2D eigenvalue weighted by Gasteiger charge is 2.18. The molecule has 0 saturated heterocycles. The highest BCUT2D eigenvalue weighted by Crippen LogP contribution is 2.31. The summed E-state index contributed by atoms with van der Waals surface area (Å²) in [5.74, 6) is 0.456. The van der Waals surface area contributed by atoms with Crippen molar-refractivity contribution >= 4 is 57.3 Å². The molecule has 4 aromatic rings. The van der Waals surface area contributed by atoms with Crippen molar-refractivity contribution in [3.8, 4) is 22.8 Å². The first-order valence-electron chi connectivity index (χ1n) is 10.7. The maximum atomic E-state index is 12.9. The lowest BCUT2D eigenvalue weighted by Crippen LogP contribution is -2.15. The number of hydrogen-bond acceptors (Lipinski definition) is 7. The van der Waals surface area contributed by atoms with Gasteiger partial charge >= 0.3 is 0 Å². The van der Waals surface area contributed by atoms with E-state index in [1.165, 1.54) is 37.3 Å². The Kier molecular flexibility index (Phi) is 8.48. The standard InChI is InChI=1S/C26H22ClN3O4S2/c1-33-21-11-6-12-22(34-2)24(21)25(32)28-16-7-5-8-17(13-16)35-15-23(31)30-26-29-20(14-36-26)18-9-3-4-10-19(18)27/h3-14H,15H2,1-2H3,(H,28,32)(H,29,30,31). The maximum absolute atomic E-state index is 12.9. The van der Waals surface area contributed by atoms with Crippen LogP contribution >= 0.6 is 34.7 Å². The van der Waals surface area contributed by atoms with Crippen molar-refractivity contribution in [2.24, 2.45) is 0 Å². The van der Waals surface area contributed by atoms with Crippen molar-refractivity contribution in [1.29, 1.82) is 0 Å². The highest BCUT2D eigenvalue weighted by molar-refractivity contribution is 8.00. The van der Waals surface area contributed by atoms with E-state index in [2.05, 4.69) is 15.6 Å². The second-order valence-electron chi connectivity index (χ2n) is 7.37. The SMILES string of the molecule is COc1cccc(OC)c1C(=O)Nc1cccc(SCC(=O)Nc2nc(-c3ccccc3Cl)cs2)c1. The van der Waals surface area contributed by atoms with E-state index in [0.29, 0.717) is 38.6 Å². The fourth-order valence-corrected chi connectivity index (χ4v) is 5.07. The number of anilines is 2. The molecule has 36 heavy (non-hydrogen) atoms. The van der Waals surface area contributed by atoms with Gasteiger partial charge in [0.05, 0.1) is 25.7 Å². The number of amides is 2. The number of thioether (sulfide) groups is 1. The molecule has 3 aromatic carbocycles. The van der Waals surface area contributed by atoms with Gasteiger partial charge in [-0.05, 0) is 36.4 Å². The van der Waals surface area contributed by atoms with Crippen molar-refractivity contribution in [3.63, 3.8) is 0 Å². The molecule has 1 aromatic heterocycles. The zero-order chi connectivity index (χ0) is 25.5. The lowest BCUT2D eigenvalue weighted by Gasteiger charge is -2.13. The van der Waals surface area contributed by atoms with Crippen LogP contribution in [-0.4, -0.2) is 36.8 Å². The van der Waals surface area contributed by atoms with Crippen LogP contribution in [0.1, 0.15) is 10.4 Å². The van der Waals surface area contributed by atoms with Gasteiger partial charge in [0.15, 0.2) is 5.13 Å². The molecule has 10 heteroatoms. The van der Waals surface area contributed by atoms with Crippen molar-refractivity contribution in [1.82, 2.24) is 4.98 Å². The summed E-state index contributed by atoms with van der Waals surface area (Å²) in [6.07, 6.45) is 0. The zero-order valence-corrected chi connectivity index (χ0v) is 21.8. The molecule has 2 N–H and O–H groups in total. The summed E-state index contributed by atoms with van der Waals surface area (Å²) in [5, 5.41) is 8.65. The number of rotatable bonds is 9. The van der Waals surface area contributed by atoms with Crippen molar-refractivity contribution < 1.29 is 19.1 Å². The first-order chi connectivity index (χ1) is 17.5. The fraction of sp³-hybridized carbons (Fsp3) is 0.115. The van der Waals surface area contributed by atoms with Crippen LogP contribution in [0.15, 0.2) is 77.0 Å². The van der Waals surface area contributed by atoms with Gasteiger partial charge < -0.3 is 20.1 Å². The lowest BCUT2D eigenvalue weighted by atomic mass is 10.1. The predicted octanol–water partition coefficient (Wildman–Crippen LogP) is 6.46. The summed E-state index contributed by atoms with van der Waals surface area (Å²) < 4.78 is 10.6. The normalized spacial score (nSPS) is 10.5. The molecular weight excluding hydrogens is 518 g/mol. The van der Waals surface area contributed by atoms with Crippen LogP contribution in [0.4, 0.5) is 10.8 Å². The van der Waals surface area contributed by atoms with Crippen molar-refractivity contribution in [2.45, 2.75) is 4.90 Å². The van der Waals surface area contributed by atoms with Crippen LogP contribution in [-0.2, 0) is 4.79 Å². The van der Waals surface area contributed by atoms with Gasteiger partial charge in [-0.1, -0.05) is 41.9 Å². The average Bonchev–Trinajstić information content (AvgIpc) is 3.35. The number of methoxy groups -OCH3 is 2. The van der Waals surface area contributed by atoms with E-state index >= 15 is 0 Å². The van der Waals surface area contributed by atoms with Gasteiger partial charge in [-0.25, -0.2) is 4.98 Å². The Hall–Kier alpha value is -3.53. The van der Waals surface area contributed by atoms with E-state index < -0.39 is 0 Å². The quantitative estimate of drug-likeness (QED) is 0.237. The topological polar surface area (TPSA) is 89.5 Å². The number of hydrogen-bond donors (Lipinski definition) is 2. The van der Waals surface area contributed by atoms with Crippen LogP contribution in [0.3, 0.4) is 0 Å². The van der Waals surface area contributed by atoms with Gasteiger partial charge in [-0.15, -0.1) is 23.1 Å². The maximum Gasteiger partial charge on any atom is 0.263 e. The van der Waals surface area contributed by atoms with Crippen LogP contribution < -0.4 is 20.1 Å². The smallest absolute Gasteiger partial charge is 0.263 e. The summed E-state index contributed by atoms with van der Waals surface area (Å²) in [5.41, 5.74) is 2.42. The van der Waals surface area contributed by atoms with Gasteiger partial charge in [-0.3, -0.25) is 9.59 Å². The van der Waals surface area contributed by atoms with Crippen molar-refractivity contribution in [3.05, 3.63) is 82.7 Å². The second kappa shape index (κ2) is 11.9. The number of thiazole rings is 1. The van der Waals surface area contributed by atoms with Gasteiger partial charge in [0, 0.05) is 26.5 Å². The largest absolute Gasteiger partial charge is 0.496 e. The van der Waals surface area contributed by atoms with E-state index in [1.807, 2.05) is 35.7 Å². The second-order valence-corrected chi connectivity index (χ2v) is 9.69. The summed E-state index contributed by atoms with van der Waals surface area (Å²) in [7, 11) is 2.99. The fourth-order valence-electron chi connectivity index (χ4n) is 3.36. The molecule has 0 atom stereocenters. The Morgan fingerprint density at radius 1 is 0.972 bits per heavy atom. The molecule has 0 fully saturated rings. The van der Waals surface area contributed by atoms with E-state index in [-0.39, 0.29) is 17.6 Å². The lowest BCUT2D eigenvalue weighted by molar-refractivity contribution is -0.113. The predicted molar refractivity (Wildman–Crippen MR) is 146 cm³/mol. The van der Waals surface area contributed by atoms with Crippen LogP contribution in [0, 0.1) is 0 Å². The number of halogens is 1.